The first-order valence-electron chi connectivity index (χ1n) is 13.8. The number of amides is 1. The largest absolute Gasteiger partial charge is 0.478 e. The SMILES string of the molecule is C[C@@H](C1CCOCC1)N(c1c(C(N)=O)nnc2ccc(-c3ccc(OCCCN(C)C)nc3)cc12)C(C)(C)C. The van der Waals surface area contributed by atoms with E-state index in [4.69, 9.17) is 15.2 Å². The van der Waals surface area contributed by atoms with E-state index in [1.54, 1.807) is 0 Å². The van der Waals surface area contributed by atoms with Crippen LogP contribution in [0.1, 0.15) is 57.4 Å². The summed E-state index contributed by atoms with van der Waals surface area (Å²) < 4.78 is 11.4. The van der Waals surface area contributed by atoms with Crippen LogP contribution in [0, 0.1) is 5.92 Å². The average molecular weight is 535 g/mol. The fraction of sp³-hybridized carbons (Fsp3) is 0.533. The number of aromatic nitrogens is 3. The molecule has 9 nitrogen and oxygen atoms in total. The van der Waals surface area contributed by atoms with Gasteiger partial charge in [-0.25, -0.2) is 4.98 Å². The van der Waals surface area contributed by atoms with Crippen molar-refractivity contribution in [2.75, 3.05) is 45.4 Å². The lowest BCUT2D eigenvalue weighted by Gasteiger charge is -2.46. The molecule has 39 heavy (non-hydrogen) atoms. The molecule has 9 heteroatoms. The molecule has 0 unspecified atom stereocenters. The van der Waals surface area contributed by atoms with Crippen molar-refractivity contribution in [1.82, 2.24) is 20.1 Å². The molecule has 210 valence electrons. The Morgan fingerprint density at radius 2 is 1.85 bits per heavy atom. The topological polar surface area (TPSA) is 107 Å². The van der Waals surface area contributed by atoms with E-state index in [2.05, 4.69) is 58.7 Å². The number of pyridine rings is 1. The minimum Gasteiger partial charge on any atom is -0.478 e. The number of anilines is 1. The summed E-state index contributed by atoms with van der Waals surface area (Å²) in [7, 11) is 4.10. The highest BCUT2D eigenvalue weighted by atomic mass is 16.5. The summed E-state index contributed by atoms with van der Waals surface area (Å²) >= 11 is 0. The van der Waals surface area contributed by atoms with E-state index in [1.807, 2.05) is 44.6 Å². The molecular weight excluding hydrogens is 492 g/mol. The van der Waals surface area contributed by atoms with E-state index < -0.39 is 5.91 Å². The van der Waals surface area contributed by atoms with E-state index in [0.717, 1.165) is 61.2 Å². The van der Waals surface area contributed by atoms with Crippen molar-refractivity contribution < 1.29 is 14.3 Å². The molecule has 3 heterocycles. The van der Waals surface area contributed by atoms with Gasteiger partial charge < -0.3 is 25.0 Å². The van der Waals surface area contributed by atoms with Crippen LogP contribution in [0.25, 0.3) is 22.0 Å². The number of nitrogens with two attached hydrogens (primary N) is 1. The Kier molecular flexibility index (Phi) is 9.02. The second kappa shape index (κ2) is 12.3. The molecule has 1 atom stereocenters. The molecule has 1 saturated heterocycles. The number of hydrogen-bond donors (Lipinski definition) is 1. The average Bonchev–Trinajstić information content (AvgIpc) is 2.91. The van der Waals surface area contributed by atoms with Crippen LogP contribution < -0.4 is 15.4 Å². The first-order valence-corrected chi connectivity index (χ1v) is 13.8. The molecule has 1 amide bonds. The number of rotatable bonds is 10. The van der Waals surface area contributed by atoms with Crippen molar-refractivity contribution in [3.63, 3.8) is 0 Å². The molecule has 1 fully saturated rings. The molecule has 1 aliphatic heterocycles. The maximum atomic E-state index is 12.7. The molecule has 1 aromatic carbocycles. The van der Waals surface area contributed by atoms with Gasteiger partial charge in [0.25, 0.3) is 5.91 Å². The summed E-state index contributed by atoms with van der Waals surface area (Å²) in [4.78, 5) is 21.6. The van der Waals surface area contributed by atoms with Crippen LogP contribution >= 0.6 is 0 Å². The molecule has 0 saturated carbocycles. The smallest absolute Gasteiger partial charge is 0.271 e. The maximum absolute atomic E-state index is 12.7. The summed E-state index contributed by atoms with van der Waals surface area (Å²) in [6, 6.07) is 10.0. The third kappa shape index (κ3) is 6.83. The number of carbonyl (C=O) groups is 1. The number of fused-ring (bicyclic) bond motifs is 1. The zero-order valence-corrected chi connectivity index (χ0v) is 24.1. The summed E-state index contributed by atoms with van der Waals surface area (Å²) in [5, 5.41) is 9.51. The summed E-state index contributed by atoms with van der Waals surface area (Å²) in [5.41, 5.74) is 9.12. The van der Waals surface area contributed by atoms with Crippen molar-refractivity contribution in [2.45, 2.75) is 58.5 Å². The molecule has 2 N–H and O–H groups in total. The first kappa shape index (κ1) is 28.7. The van der Waals surface area contributed by atoms with E-state index in [9.17, 15) is 4.79 Å². The van der Waals surface area contributed by atoms with Crippen molar-refractivity contribution in [3.05, 3.63) is 42.2 Å². The lowest BCUT2D eigenvalue weighted by atomic mass is 9.87. The van der Waals surface area contributed by atoms with Gasteiger partial charge >= 0.3 is 0 Å². The van der Waals surface area contributed by atoms with Crippen molar-refractivity contribution >= 4 is 22.5 Å². The maximum Gasteiger partial charge on any atom is 0.271 e. The van der Waals surface area contributed by atoms with Crippen LogP contribution in [0.4, 0.5) is 5.69 Å². The monoisotopic (exact) mass is 534 g/mol. The number of primary amides is 1. The number of ether oxygens (including phenoxy) is 2. The lowest BCUT2D eigenvalue weighted by Crippen LogP contribution is -2.52. The fourth-order valence-corrected chi connectivity index (χ4v) is 5.43. The molecular formula is C30H42N6O3. The number of benzene rings is 1. The van der Waals surface area contributed by atoms with Gasteiger partial charge in [0.05, 0.1) is 17.8 Å². The van der Waals surface area contributed by atoms with Gasteiger partial charge in [-0.15, -0.1) is 10.2 Å². The molecule has 1 aliphatic rings. The van der Waals surface area contributed by atoms with Crippen molar-refractivity contribution in [3.8, 4) is 17.0 Å². The van der Waals surface area contributed by atoms with E-state index in [-0.39, 0.29) is 17.3 Å². The zero-order valence-electron chi connectivity index (χ0n) is 24.1. The summed E-state index contributed by atoms with van der Waals surface area (Å²) in [6.07, 6.45) is 4.69. The fourth-order valence-electron chi connectivity index (χ4n) is 5.43. The van der Waals surface area contributed by atoms with Gasteiger partial charge in [-0.05, 0) is 90.7 Å². The molecule has 0 aliphatic carbocycles. The summed E-state index contributed by atoms with van der Waals surface area (Å²) in [6.45, 7) is 11.8. The molecule has 0 radical (unpaired) electrons. The molecule has 0 spiro atoms. The van der Waals surface area contributed by atoms with E-state index in [0.29, 0.717) is 23.9 Å². The Morgan fingerprint density at radius 3 is 2.46 bits per heavy atom. The van der Waals surface area contributed by atoms with Crippen LogP contribution in [0.3, 0.4) is 0 Å². The van der Waals surface area contributed by atoms with E-state index >= 15 is 0 Å². The number of carbonyl (C=O) groups excluding carboxylic acids is 1. The Labute approximate surface area is 231 Å². The predicted molar refractivity (Wildman–Crippen MR) is 155 cm³/mol. The first-order chi connectivity index (χ1) is 18.6. The molecule has 2 aromatic heterocycles. The normalized spacial score (nSPS) is 15.5. The highest BCUT2D eigenvalue weighted by Crippen LogP contribution is 2.39. The Balaban J connectivity index is 1.74. The van der Waals surface area contributed by atoms with Crippen LogP contribution in [0.15, 0.2) is 36.5 Å². The second-order valence-electron chi connectivity index (χ2n) is 11.6. The summed E-state index contributed by atoms with van der Waals surface area (Å²) in [5.74, 6) is 0.431. The van der Waals surface area contributed by atoms with Crippen LogP contribution in [-0.4, -0.2) is 78.0 Å². The highest BCUT2D eigenvalue weighted by Gasteiger charge is 2.36. The van der Waals surface area contributed by atoms with Crippen LogP contribution in [0.5, 0.6) is 5.88 Å². The van der Waals surface area contributed by atoms with Gasteiger partial charge in [0.1, 0.15) is 0 Å². The number of nitrogens with zero attached hydrogens (tertiary/aromatic N) is 5. The minimum absolute atomic E-state index is 0.133. The van der Waals surface area contributed by atoms with Crippen molar-refractivity contribution in [2.24, 2.45) is 11.7 Å². The van der Waals surface area contributed by atoms with Gasteiger partial charge in [0.2, 0.25) is 5.88 Å². The van der Waals surface area contributed by atoms with Gasteiger partial charge in [-0.3, -0.25) is 4.79 Å². The van der Waals surface area contributed by atoms with Crippen molar-refractivity contribution in [1.29, 1.82) is 0 Å². The molecule has 0 bridgehead atoms. The second-order valence-corrected chi connectivity index (χ2v) is 11.6. The predicted octanol–water partition coefficient (Wildman–Crippen LogP) is 4.54. The van der Waals surface area contributed by atoms with Gasteiger partial charge in [0.15, 0.2) is 5.69 Å². The van der Waals surface area contributed by atoms with Gasteiger partial charge in [-0.1, -0.05) is 6.07 Å². The van der Waals surface area contributed by atoms with Crippen LogP contribution in [-0.2, 0) is 4.74 Å². The third-order valence-electron chi connectivity index (χ3n) is 7.36. The van der Waals surface area contributed by atoms with Gasteiger partial charge in [0, 0.05) is 54.6 Å². The van der Waals surface area contributed by atoms with E-state index in [1.165, 1.54) is 0 Å². The minimum atomic E-state index is -0.587. The Hall–Kier alpha value is -3.30. The lowest BCUT2D eigenvalue weighted by molar-refractivity contribution is 0.0574. The Morgan fingerprint density at radius 1 is 1.13 bits per heavy atom. The molecule has 3 aromatic rings. The quantitative estimate of drug-likeness (QED) is 0.378. The van der Waals surface area contributed by atoms with Crippen LogP contribution in [0.2, 0.25) is 0 Å². The Bertz CT molecular complexity index is 1270. The highest BCUT2D eigenvalue weighted by molar-refractivity contribution is 6.06. The standard InChI is InChI=1S/C30H42N6O3/c1-20(21-12-16-38-17-13-21)36(30(2,3)4)28-24-18-22(8-10-25(24)33-34-27(28)29(31)37)23-9-11-26(32-19-23)39-15-7-14-35(5)6/h8-11,18-21H,7,12-17H2,1-6H3,(H2,31,37)/t20-/m0/s1. The number of hydrogen-bond acceptors (Lipinski definition) is 8. The third-order valence-corrected chi connectivity index (χ3v) is 7.36. The van der Waals surface area contributed by atoms with Gasteiger partial charge in [-0.2, -0.15) is 0 Å². The zero-order chi connectivity index (χ0) is 28.2. The molecule has 4 rings (SSSR count).